The second-order valence-corrected chi connectivity index (χ2v) is 5.47. The Bertz CT molecular complexity index is 557. The summed E-state index contributed by atoms with van der Waals surface area (Å²) >= 11 is 5.90. The van der Waals surface area contributed by atoms with Crippen LogP contribution >= 0.6 is 11.6 Å². The normalized spacial score (nSPS) is 15.5. The maximum atomic E-state index is 5.90. The van der Waals surface area contributed by atoms with Crippen LogP contribution in [-0.4, -0.2) is 15.0 Å². The van der Waals surface area contributed by atoms with Gasteiger partial charge in [-0.3, -0.25) is 0 Å². The minimum Gasteiger partial charge on any atom is -0.325 e. The number of aromatic nitrogens is 3. The van der Waals surface area contributed by atoms with Gasteiger partial charge >= 0.3 is 0 Å². The summed E-state index contributed by atoms with van der Waals surface area (Å²) in [7, 11) is 0. The molecule has 0 aliphatic heterocycles. The third-order valence-corrected chi connectivity index (χ3v) is 4.03. The Morgan fingerprint density at radius 3 is 2.58 bits per heavy atom. The van der Waals surface area contributed by atoms with E-state index < -0.39 is 0 Å². The van der Waals surface area contributed by atoms with Gasteiger partial charge < -0.3 is 5.73 Å². The van der Waals surface area contributed by atoms with Gasteiger partial charge in [0, 0.05) is 17.5 Å². The highest BCUT2D eigenvalue weighted by Crippen LogP contribution is 2.37. The molecule has 1 heterocycles. The third kappa shape index (κ3) is 2.51. The van der Waals surface area contributed by atoms with Gasteiger partial charge in [-0.25, -0.2) is 4.68 Å². The molecule has 0 amide bonds. The van der Waals surface area contributed by atoms with Gasteiger partial charge in [-0.1, -0.05) is 35.4 Å². The molecule has 2 aromatic rings. The number of rotatable bonds is 4. The van der Waals surface area contributed by atoms with Crippen LogP contribution in [0.25, 0.3) is 0 Å². The molecule has 0 atom stereocenters. The number of hydrogen-bond acceptors (Lipinski definition) is 3. The molecular weight excluding hydrogens is 260 g/mol. The van der Waals surface area contributed by atoms with Crippen LogP contribution in [0.1, 0.15) is 42.1 Å². The van der Waals surface area contributed by atoms with Crippen molar-refractivity contribution in [3.8, 4) is 0 Å². The lowest BCUT2D eigenvalue weighted by atomic mass is 9.82. The minimum atomic E-state index is 0.465. The molecule has 1 aromatic carbocycles. The van der Waals surface area contributed by atoms with Crippen molar-refractivity contribution < 1.29 is 0 Å². The SMILES string of the molecule is NCc1nnn(Cc2ccc(Cl)cc2)c1C1CCC1. The first-order chi connectivity index (χ1) is 9.28. The Kier molecular flexibility index (Phi) is 3.53. The van der Waals surface area contributed by atoms with E-state index in [0.717, 1.165) is 17.3 Å². The van der Waals surface area contributed by atoms with E-state index in [9.17, 15) is 0 Å². The Hall–Kier alpha value is -1.39. The molecule has 1 aliphatic carbocycles. The molecule has 4 nitrogen and oxygen atoms in total. The van der Waals surface area contributed by atoms with Gasteiger partial charge in [0.2, 0.25) is 0 Å². The summed E-state index contributed by atoms with van der Waals surface area (Å²) < 4.78 is 2.00. The molecule has 2 N–H and O–H groups in total. The number of nitrogens with zero attached hydrogens (tertiary/aromatic N) is 3. The Balaban J connectivity index is 1.87. The summed E-state index contributed by atoms with van der Waals surface area (Å²) in [5.74, 6) is 0.584. The van der Waals surface area contributed by atoms with Crippen LogP contribution in [0.5, 0.6) is 0 Å². The largest absolute Gasteiger partial charge is 0.325 e. The molecule has 5 heteroatoms. The van der Waals surface area contributed by atoms with E-state index in [1.807, 2.05) is 28.9 Å². The maximum absolute atomic E-state index is 5.90. The van der Waals surface area contributed by atoms with E-state index in [1.54, 1.807) is 0 Å². The average molecular weight is 277 g/mol. The van der Waals surface area contributed by atoms with E-state index >= 15 is 0 Å². The second-order valence-electron chi connectivity index (χ2n) is 5.04. The monoisotopic (exact) mass is 276 g/mol. The van der Waals surface area contributed by atoms with Crippen molar-refractivity contribution in [3.63, 3.8) is 0 Å². The molecule has 100 valence electrons. The van der Waals surface area contributed by atoms with Crippen molar-refractivity contribution in [1.82, 2.24) is 15.0 Å². The van der Waals surface area contributed by atoms with Gasteiger partial charge in [0.1, 0.15) is 0 Å². The fraction of sp³-hybridized carbons (Fsp3) is 0.429. The smallest absolute Gasteiger partial charge is 0.0997 e. The first-order valence-corrected chi connectivity index (χ1v) is 7.02. The van der Waals surface area contributed by atoms with Crippen LogP contribution < -0.4 is 5.73 Å². The van der Waals surface area contributed by atoms with Crippen molar-refractivity contribution in [2.24, 2.45) is 5.73 Å². The Labute approximate surface area is 117 Å². The number of nitrogens with two attached hydrogens (primary N) is 1. The molecule has 0 bridgehead atoms. The first-order valence-electron chi connectivity index (χ1n) is 6.64. The van der Waals surface area contributed by atoms with Gasteiger partial charge in [0.25, 0.3) is 0 Å². The predicted molar refractivity (Wildman–Crippen MR) is 75.1 cm³/mol. The predicted octanol–water partition coefficient (Wildman–Crippen LogP) is 2.71. The van der Waals surface area contributed by atoms with Crippen molar-refractivity contribution in [2.75, 3.05) is 0 Å². The second kappa shape index (κ2) is 5.31. The Morgan fingerprint density at radius 2 is 2.00 bits per heavy atom. The molecule has 1 saturated carbocycles. The first kappa shape index (κ1) is 12.6. The fourth-order valence-corrected chi connectivity index (χ4v) is 2.64. The molecule has 3 rings (SSSR count). The zero-order chi connectivity index (χ0) is 13.2. The summed E-state index contributed by atoms with van der Waals surface area (Å²) in [6.45, 7) is 1.20. The standard InChI is InChI=1S/C14H17ClN4/c15-12-6-4-10(5-7-12)9-19-14(11-2-1-3-11)13(8-16)17-18-19/h4-7,11H,1-3,8-9,16H2. The molecule has 0 saturated heterocycles. The van der Waals surface area contributed by atoms with Gasteiger partial charge in [-0.05, 0) is 30.5 Å². The summed E-state index contributed by atoms with van der Waals surface area (Å²) in [5.41, 5.74) is 9.11. The zero-order valence-electron chi connectivity index (χ0n) is 10.7. The highest BCUT2D eigenvalue weighted by molar-refractivity contribution is 6.30. The van der Waals surface area contributed by atoms with E-state index in [-0.39, 0.29) is 0 Å². The molecule has 1 aromatic heterocycles. The average Bonchev–Trinajstić information content (AvgIpc) is 2.73. The highest BCUT2D eigenvalue weighted by atomic mass is 35.5. The molecule has 1 fully saturated rings. The fourth-order valence-electron chi connectivity index (χ4n) is 2.51. The lowest BCUT2D eigenvalue weighted by molar-refractivity contribution is 0.390. The molecular formula is C14H17ClN4. The highest BCUT2D eigenvalue weighted by Gasteiger charge is 2.27. The molecule has 0 radical (unpaired) electrons. The van der Waals surface area contributed by atoms with Crippen molar-refractivity contribution >= 4 is 11.6 Å². The van der Waals surface area contributed by atoms with Crippen LogP contribution in [0, 0.1) is 0 Å². The number of hydrogen-bond donors (Lipinski definition) is 1. The van der Waals surface area contributed by atoms with Crippen molar-refractivity contribution in [2.45, 2.75) is 38.3 Å². The maximum Gasteiger partial charge on any atom is 0.0997 e. The minimum absolute atomic E-state index is 0.465. The van der Waals surface area contributed by atoms with Gasteiger partial charge in [0.05, 0.1) is 17.9 Å². The van der Waals surface area contributed by atoms with E-state index in [2.05, 4.69) is 10.3 Å². The van der Waals surface area contributed by atoms with Crippen LogP contribution in [0.2, 0.25) is 5.02 Å². The van der Waals surface area contributed by atoms with Crippen LogP contribution in [0.4, 0.5) is 0 Å². The topological polar surface area (TPSA) is 56.7 Å². The zero-order valence-corrected chi connectivity index (χ0v) is 11.5. The van der Waals surface area contributed by atoms with Crippen molar-refractivity contribution in [3.05, 3.63) is 46.2 Å². The number of benzene rings is 1. The van der Waals surface area contributed by atoms with E-state index in [4.69, 9.17) is 17.3 Å². The van der Waals surface area contributed by atoms with E-state index in [1.165, 1.54) is 30.5 Å². The summed E-state index contributed by atoms with van der Waals surface area (Å²) in [5, 5.41) is 9.23. The summed E-state index contributed by atoms with van der Waals surface area (Å²) in [6, 6.07) is 7.86. The third-order valence-electron chi connectivity index (χ3n) is 3.78. The quantitative estimate of drug-likeness (QED) is 0.934. The van der Waals surface area contributed by atoms with E-state index in [0.29, 0.717) is 12.5 Å². The van der Waals surface area contributed by atoms with Gasteiger partial charge in [-0.15, -0.1) is 5.10 Å². The lowest BCUT2D eigenvalue weighted by Crippen LogP contribution is -2.18. The summed E-state index contributed by atoms with van der Waals surface area (Å²) in [4.78, 5) is 0. The van der Waals surface area contributed by atoms with Crippen LogP contribution in [-0.2, 0) is 13.1 Å². The van der Waals surface area contributed by atoms with Gasteiger partial charge in [0.15, 0.2) is 0 Å². The van der Waals surface area contributed by atoms with Crippen LogP contribution in [0.15, 0.2) is 24.3 Å². The lowest BCUT2D eigenvalue weighted by Gasteiger charge is -2.26. The number of halogens is 1. The molecule has 0 spiro atoms. The molecule has 19 heavy (non-hydrogen) atoms. The van der Waals surface area contributed by atoms with Crippen LogP contribution in [0.3, 0.4) is 0 Å². The van der Waals surface area contributed by atoms with Crippen molar-refractivity contribution in [1.29, 1.82) is 0 Å². The summed E-state index contributed by atoms with van der Waals surface area (Å²) in [6.07, 6.45) is 3.74. The molecule has 0 unspecified atom stereocenters. The Morgan fingerprint density at radius 1 is 1.26 bits per heavy atom. The van der Waals surface area contributed by atoms with Gasteiger partial charge in [-0.2, -0.15) is 0 Å². The molecule has 1 aliphatic rings.